The Balaban J connectivity index is 1.61. The number of thiazole rings is 1. The molecule has 1 amide bonds. The van der Waals surface area contributed by atoms with Crippen LogP contribution in [0, 0.1) is 0 Å². The molecule has 8 nitrogen and oxygen atoms in total. The van der Waals surface area contributed by atoms with Crippen LogP contribution in [0.2, 0.25) is 0 Å². The van der Waals surface area contributed by atoms with E-state index in [4.69, 9.17) is 5.11 Å². The summed E-state index contributed by atoms with van der Waals surface area (Å²) in [6.07, 6.45) is 4.03. The molecule has 0 aliphatic heterocycles. The summed E-state index contributed by atoms with van der Waals surface area (Å²) in [5.74, 6) is 0.309. The predicted octanol–water partition coefficient (Wildman–Crippen LogP) is 2.25. The van der Waals surface area contributed by atoms with Gasteiger partial charge in [0.25, 0.3) is 0 Å². The molecular weight excluding hydrogens is 364 g/mol. The van der Waals surface area contributed by atoms with Crippen molar-refractivity contribution in [2.75, 3.05) is 30.3 Å². The van der Waals surface area contributed by atoms with Crippen LogP contribution in [0.3, 0.4) is 0 Å². The molecule has 0 saturated carbocycles. The number of rotatable bonds is 9. The Labute approximate surface area is 160 Å². The lowest BCUT2D eigenvalue weighted by molar-refractivity contribution is -0.115. The van der Waals surface area contributed by atoms with Crippen LogP contribution in [0.25, 0.3) is 10.7 Å². The number of benzene rings is 1. The van der Waals surface area contributed by atoms with Gasteiger partial charge in [-0.05, 0) is 37.2 Å². The Bertz CT molecular complexity index is 872. The molecule has 0 radical (unpaired) electrons. The summed E-state index contributed by atoms with van der Waals surface area (Å²) in [7, 11) is 0. The molecule has 2 aromatic heterocycles. The second-order valence-corrected chi connectivity index (χ2v) is 6.51. The number of hydrogen-bond acceptors (Lipinski definition) is 8. The van der Waals surface area contributed by atoms with E-state index in [1.807, 2.05) is 35.7 Å². The van der Waals surface area contributed by atoms with Crippen LogP contribution in [0.15, 0.2) is 48.1 Å². The van der Waals surface area contributed by atoms with Crippen LogP contribution < -0.4 is 16.0 Å². The molecule has 0 bridgehead atoms. The quantitative estimate of drug-likeness (QED) is 0.419. The number of aliphatic hydroxyl groups is 1. The van der Waals surface area contributed by atoms with Crippen LogP contribution in [0.1, 0.15) is 6.42 Å². The maximum atomic E-state index is 11.9. The van der Waals surface area contributed by atoms with Crippen molar-refractivity contribution in [3.05, 3.63) is 48.1 Å². The van der Waals surface area contributed by atoms with Gasteiger partial charge in [0.2, 0.25) is 11.9 Å². The summed E-state index contributed by atoms with van der Waals surface area (Å²) >= 11 is 1.51. The Hall–Kier alpha value is -2.88. The van der Waals surface area contributed by atoms with Crippen LogP contribution in [-0.4, -0.2) is 45.7 Å². The number of carbonyl (C=O) groups excluding carboxylic acids is 1. The molecule has 3 aromatic rings. The van der Waals surface area contributed by atoms with E-state index in [2.05, 4.69) is 30.9 Å². The monoisotopic (exact) mass is 384 g/mol. The lowest BCUT2D eigenvalue weighted by Gasteiger charge is -2.09. The fraction of sp³-hybridized carbons (Fsp3) is 0.222. The highest BCUT2D eigenvalue weighted by Crippen LogP contribution is 2.22. The molecule has 0 fully saturated rings. The van der Waals surface area contributed by atoms with Gasteiger partial charge in [0.15, 0.2) is 0 Å². The Morgan fingerprint density at radius 3 is 2.85 bits per heavy atom. The zero-order valence-corrected chi connectivity index (χ0v) is 15.4. The predicted molar refractivity (Wildman–Crippen MR) is 106 cm³/mol. The Morgan fingerprint density at radius 1 is 1.15 bits per heavy atom. The SMILES string of the molecule is O=C(CNCCCO)Nc1cccc(Nc2nccc(-c3nccs3)n2)c1. The third-order valence-electron chi connectivity index (χ3n) is 3.51. The topological polar surface area (TPSA) is 112 Å². The van der Waals surface area contributed by atoms with E-state index in [9.17, 15) is 4.79 Å². The zero-order valence-electron chi connectivity index (χ0n) is 14.6. The van der Waals surface area contributed by atoms with Gasteiger partial charge < -0.3 is 21.1 Å². The molecule has 2 heterocycles. The van der Waals surface area contributed by atoms with Crippen LogP contribution in [-0.2, 0) is 4.79 Å². The Kier molecular flexibility index (Phi) is 6.80. The second-order valence-electron chi connectivity index (χ2n) is 5.61. The normalized spacial score (nSPS) is 10.6. The summed E-state index contributed by atoms with van der Waals surface area (Å²) in [5, 5.41) is 20.4. The van der Waals surface area contributed by atoms with E-state index >= 15 is 0 Å². The highest BCUT2D eigenvalue weighted by molar-refractivity contribution is 7.13. The summed E-state index contributed by atoms with van der Waals surface area (Å²) in [6, 6.07) is 9.13. The lowest BCUT2D eigenvalue weighted by atomic mass is 10.2. The van der Waals surface area contributed by atoms with E-state index in [0.717, 1.165) is 16.4 Å². The highest BCUT2D eigenvalue weighted by atomic mass is 32.1. The van der Waals surface area contributed by atoms with Crippen molar-refractivity contribution >= 4 is 34.6 Å². The number of amides is 1. The van der Waals surface area contributed by atoms with Gasteiger partial charge in [0.05, 0.1) is 6.54 Å². The highest BCUT2D eigenvalue weighted by Gasteiger charge is 2.06. The zero-order chi connectivity index (χ0) is 18.9. The molecule has 0 atom stereocenters. The maximum absolute atomic E-state index is 11.9. The van der Waals surface area contributed by atoms with Crippen molar-refractivity contribution in [1.29, 1.82) is 0 Å². The minimum Gasteiger partial charge on any atom is -0.396 e. The first-order chi connectivity index (χ1) is 13.2. The molecule has 0 unspecified atom stereocenters. The van der Waals surface area contributed by atoms with E-state index < -0.39 is 0 Å². The third kappa shape index (κ3) is 5.81. The smallest absolute Gasteiger partial charge is 0.238 e. The van der Waals surface area contributed by atoms with Crippen molar-refractivity contribution in [1.82, 2.24) is 20.3 Å². The van der Waals surface area contributed by atoms with Crippen molar-refractivity contribution in [3.8, 4) is 10.7 Å². The summed E-state index contributed by atoms with van der Waals surface area (Å²) in [4.78, 5) is 24.9. The number of nitrogens with one attached hydrogen (secondary N) is 3. The molecule has 27 heavy (non-hydrogen) atoms. The van der Waals surface area contributed by atoms with Gasteiger partial charge in [-0.25, -0.2) is 15.0 Å². The molecular formula is C18H20N6O2S. The molecule has 0 saturated heterocycles. The molecule has 3 rings (SSSR count). The third-order valence-corrected chi connectivity index (χ3v) is 4.30. The first-order valence-corrected chi connectivity index (χ1v) is 9.34. The standard InChI is InChI=1S/C18H20N6O2S/c25-9-2-6-19-12-16(26)22-13-3-1-4-14(11-13)23-18-21-7-5-15(24-18)17-20-8-10-27-17/h1,3-5,7-8,10-11,19,25H,2,6,9,12H2,(H,22,26)(H,21,23,24). The lowest BCUT2D eigenvalue weighted by Crippen LogP contribution is -2.29. The van der Waals surface area contributed by atoms with E-state index in [0.29, 0.717) is 24.6 Å². The van der Waals surface area contributed by atoms with Gasteiger partial charge in [-0.3, -0.25) is 4.79 Å². The number of carbonyl (C=O) groups is 1. The fourth-order valence-electron chi connectivity index (χ4n) is 2.30. The number of hydrogen-bond donors (Lipinski definition) is 4. The van der Waals surface area contributed by atoms with Gasteiger partial charge in [-0.1, -0.05) is 6.07 Å². The molecule has 0 aliphatic carbocycles. The second kappa shape index (κ2) is 9.72. The van der Waals surface area contributed by atoms with Gasteiger partial charge in [-0.2, -0.15) is 0 Å². The van der Waals surface area contributed by atoms with Gasteiger partial charge in [0.1, 0.15) is 10.7 Å². The van der Waals surface area contributed by atoms with Crippen molar-refractivity contribution in [2.24, 2.45) is 0 Å². The summed E-state index contributed by atoms with van der Waals surface area (Å²) in [6.45, 7) is 0.892. The van der Waals surface area contributed by atoms with Crippen molar-refractivity contribution in [3.63, 3.8) is 0 Å². The fourth-order valence-corrected chi connectivity index (χ4v) is 2.91. The van der Waals surface area contributed by atoms with Gasteiger partial charge in [0, 0.05) is 35.8 Å². The van der Waals surface area contributed by atoms with Gasteiger partial charge in [-0.15, -0.1) is 11.3 Å². The largest absolute Gasteiger partial charge is 0.396 e. The van der Waals surface area contributed by atoms with Crippen molar-refractivity contribution < 1.29 is 9.90 Å². The maximum Gasteiger partial charge on any atom is 0.238 e. The average molecular weight is 384 g/mol. The minimum absolute atomic E-state index is 0.105. The van der Waals surface area contributed by atoms with Gasteiger partial charge >= 0.3 is 0 Å². The number of aromatic nitrogens is 3. The number of aliphatic hydroxyl groups excluding tert-OH is 1. The molecule has 1 aromatic carbocycles. The van der Waals surface area contributed by atoms with E-state index in [-0.39, 0.29) is 19.1 Å². The Morgan fingerprint density at radius 2 is 2.04 bits per heavy atom. The van der Waals surface area contributed by atoms with E-state index in [1.54, 1.807) is 12.4 Å². The average Bonchev–Trinajstić information content (AvgIpc) is 3.21. The summed E-state index contributed by atoms with van der Waals surface area (Å²) < 4.78 is 0. The molecule has 0 aliphatic rings. The molecule has 0 spiro atoms. The summed E-state index contributed by atoms with van der Waals surface area (Å²) in [5.41, 5.74) is 2.18. The van der Waals surface area contributed by atoms with Crippen molar-refractivity contribution in [2.45, 2.75) is 6.42 Å². The number of nitrogens with zero attached hydrogens (tertiary/aromatic N) is 3. The van der Waals surface area contributed by atoms with Crippen LogP contribution in [0.5, 0.6) is 0 Å². The minimum atomic E-state index is -0.146. The molecule has 4 N–H and O–H groups in total. The van der Waals surface area contributed by atoms with E-state index in [1.165, 1.54) is 11.3 Å². The number of anilines is 3. The molecule has 140 valence electrons. The molecule has 9 heteroatoms. The first kappa shape index (κ1) is 18.9. The van der Waals surface area contributed by atoms with Crippen LogP contribution >= 0.6 is 11.3 Å². The first-order valence-electron chi connectivity index (χ1n) is 8.46. The van der Waals surface area contributed by atoms with Crippen LogP contribution in [0.4, 0.5) is 17.3 Å².